The summed E-state index contributed by atoms with van der Waals surface area (Å²) in [5, 5.41) is 0. The summed E-state index contributed by atoms with van der Waals surface area (Å²) in [5.41, 5.74) is 0. The maximum absolute atomic E-state index is 12.9. The molecule has 0 radical (unpaired) electrons. The second-order valence-corrected chi connectivity index (χ2v) is 25.6. The van der Waals surface area contributed by atoms with E-state index in [9.17, 15) is 19.0 Å². The Morgan fingerprint density at radius 3 is 1.06 bits per heavy atom. The number of quaternary nitrogens is 1. The van der Waals surface area contributed by atoms with Crippen molar-refractivity contribution in [3.63, 3.8) is 0 Å². The molecule has 0 aromatic rings. The summed E-state index contributed by atoms with van der Waals surface area (Å²) in [5.74, 6) is -0.814. The Balaban J connectivity index is 3.99. The highest BCUT2D eigenvalue weighted by atomic mass is 31.2. The predicted molar refractivity (Wildman–Crippen MR) is 342 cm³/mol. The minimum atomic E-state index is -4.64. The highest BCUT2D eigenvalue weighted by Crippen LogP contribution is 2.38. The van der Waals surface area contributed by atoms with Crippen LogP contribution in [0.3, 0.4) is 0 Å². The van der Waals surface area contributed by atoms with Crippen molar-refractivity contribution in [3.8, 4) is 0 Å². The number of hydrogen-bond acceptors (Lipinski definition) is 8. The first-order chi connectivity index (χ1) is 39.0. The van der Waals surface area contributed by atoms with Gasteiger partial charge in [0, 0.05) is 12.8 Å². The van der Waals surface area contributed by atoms with Gasteiger partial charge in [-0.15, -0.1) is 0 Å². The predicted octanol–water partition coefficient (Wildman–Crippen LogP) is 21.2. The molecule has 0 aromatic heterocycles. The average molecular weight is 1140 g/mol. The molecule has 0 heterocycles. The van der Waals surface area contributed by atoms with E-state index < -0.39 is 26.5 Å². The van der Waals surface area contributed by atoms with E-state index in [1.165, 1.54) is 218 Å². The number of carbonyl (C=O) groups excluding carboxylic acids is 2. The number of ether oxygens (including phenoxy) is 2. The maximum Gasteiger partial charge on any atom is 0.306 e. The Hall–Kier alpha value is -2.29. The van der Waals surface area contributed by atoms with Crippen LogP contribution in [0.5, 0.6) is 0 Å². The molecule has 0 saturated heterocycles. The van der Waals surface area contributed by atoms with Gasteiger partial charge in [-0.05, 0) is 57.8 Å². The number of likely N-dealkylation sites (N-methyl/N-ethyl adjacent to an activating group) is 1. The molecule has 80 heavy (non-hydrogen) atoms. The van der Waals surface area contributed by atoms with Gasteiger partial charge in [-0.2, -0.15) is 0 Å². The van der Waals surface area contributed by atoms with E-state index in [0.29, 0.717) is 17.4 Å². The Morgan fingerprint density at radius 2 is 0.713 bits per heavy atom. The number of unbranched alkanes of at least 4 members (excludes halogenated alkanes) is 39. The molecule has 0 fully saturated rings. The molecule has 0 saturated carbocycles. The first-order valence-electron chi connectivity index (χ1n) is 34.0. The van der Waals surface area contributed by atoms with Gasteiger partial charge < -0.3 is 27.9 Å². The lowest BCUT2D eigenvalue weighted by Gasteiger charge is -2.28. The number of phosphoric ester groups is 1. The molecular weight excluding hydrogens is 1010 g/mol. The van der Waals surface area contributed by atoms with Crippen molar-refractivity contribution in [2.24, 2.45) is 0 Å². The van der Waals surface area contributed by atoms with Crippen LogP contribution in [0.1, 0.15) is 322 Å². The van der Waals surface area contributed by atoms with E-state index in [2.05, 4.69) is 74.6 Å². The summed E-state index contributed by atoms with van der Waals surface area (Å²) in [6, 6.07) is 0. The lowest BCUT2D eigenvalue weighted by Crippen LogP contribution is -2.37. The van der Waals surface area contributed by atoms with Crippen LogP contribution in [-0.4, -0.2) is 70.0 Å². The minimum Gasteiger partial charge on any atom is -0.756 e. The summed E-state index contributed by atoms with van der Waals surface area (Å²) in [6.07, 6.45) is 80.1. The molecule has 0 rings (SSSR count). The number of hydrogen-bond donors (Lipinski definition) is 0. The molecule has 9 nitrogen and oxygen atoms in total. The Kier molecular flexibility index (Phi) is 59.5. The van der Waals surface area contributed by atoms with Crippen LogP contribution in [0.15, 0.2) is 60.8 Å². The lowest BCUT2D eigenvalue weighted by molar-refractivity contribution is -0.870. The van der Waals surface area contributed by atoms with Crippen LogP contribution in [0, 0.1) is 0 Å². The molecule has 0 aliphatic heterocycles. The SMILES string of the molecule is CC/C=C\C/C=C\C/C=C\C/C=C\C/C=C\CCCCCCCCCCCCCCCCCCCCCC(=O)OC(COC(=O)CCCCCCCCCCCCCCCCCCCCCCC)COP(=O)([O-])OCC[N+](C)(C)C. The maximum atomic E-state index is 12.9. The molecule has 0 aromatic carbocycles. The van der Waals surface area contributed by atoms with E-state index in [-0.39, 0.29) is 32.0 Å². The van der Waals surface area contributed by atoms with Gasteiger partial charge in [-0.25, -0.2) is 0 Å². The molecule has 10 heteroatoms. The molecule has 0 aliphatic rings. The van der Waals surface area contributed by atoms with E-state index in [4.69, 9.17) is 18.5 Å². The summed E-state index contributed by atoms with van der Waals surface area (Å²) >= 11 is 0. The normalized spacial score (nSPS) is 13.5. The zero-order chi connectivity index (χ0) is 58.4. The molecule has 0 amide bonds. The molecule has 2 atom stereocenters. The molecule has 2 unspecified atom stereocenters. The van der Waals surface area contributed by atoms with Crippen molar-refractivity contribution in [1.82, 2.24) is 0 Å². The van der Waals surface area contributed by atoms with Crippen LogP contribution in [0.25, 0.3) is 0 Å². The molecular formula is C70H130NO8P. The summed E-state index contributed by atoms with van der Waals surface area (Å²) in [6.45, 7) is 4.18. The first kappa shape index (κ1) is 77.7. The van der Waals surface area contributed by atoms with E-state index in [1.807, 2.05) is 21.1 Å². The fourth-order valence-electron chi connectivity index (χ4n) is 9.86. The fourth-order valence-corrected chi connectivity index (χ4v) is 10.6. The molecule has 0 N–H and O–H groups in total. The second-order valence-electron chi connectivity index (χ2n) is 24.2. The smallest absolute Gasteiger partial charge is 0.306 e. The first-order valence-corrected chi connectivity index (χ1v) is 35.5. The number of rotatable bonds is 63. The largest absolute Gasteiger partial charge is 0.756 e. The number of nitrogens with zero attached hydrogens (tertiary/aromatic N) is 1. The van der Waals surface area contributed by atoms with Crippen LogP contribution in [-0.2, 0) is 32.7 Å². The lowest BCUT2D eigenvalue weighted by atomic mass is 10.0. The Morgan fingerprint density at radius 1 is 0.400 bits per heavy atom. The number of carbonyl (C=O) groups is 2. The van der Waals surface area contributed by atoms with Crippen molar-refractivity contribution in [2.75, 3.05) is 47.5 Å². The number of phosphoric acid groups is 1. The van der Waals surface area contributed by atoms with Crippen LogP contribution in [0.2, 0.25) is 0 Å². The average Bonchev–Trinajstić information content (AvgIpc) is 3.42. The van der Waals surface area contributed by atoms with E-state index in [0.717, 1.165) is 70.6 Å². The van der Waals surface area contributed by atoms with Gasteiger partial charge in [0.25, 0.3) is 7.82 Å². The third-order valence-electron chi connectivity index (χ3n) is 15.1. The molecule has 468 valence electrons. The zero-order valence-electron chi connectivity index (χ0n) is 53.3. The number of allylic oxidation sites excluding steroid dienone is 10. The van der Waals surface area contributed by atoms with Gasteiger partial charge in [0.2, 0.25) is 0 Å². The Bertz CT molecular complexity index is 1530. The van der Waals surface area contributed by atoms with Gasteiger partial charge in [0.1, 0.15) is 19.8 Å². The topological polar surface area (TPSA) is 111 Å². The summed E-state index contributed by atoms with van der Waals surface area (Å²) in [7, 11) is 1.18. The van der Waals surface area contributed by atoms with Crippen molar-refractivity contribution in [3.05, 3.63) is 60.8 Å². The van der Waals surface area contributed by atoms with Gasteiger partial charge in [-0.1, -0.05) is 312 Å². The van der Waals surface area contributed by atoms with Gasteiger partial charge >= 0.3 is 11.9 Å². The van der Waals surface area contributed by atoms with Crippen molar-refractivity contribution < 1.29 is 42.1 Å². The fraction of sp³-hybridized carbons (Fsp3) is 0.829. The van der Waals surface area contributed by atoms with Gasteiger partial charge in [0.15, 0.2) is 6.10 Å². The molecule has 0 bridgehead atoms. The summed E-state index contributed by atoms with van der Waals surface area (Å²) < 4.78 is 34.3. The van der Waals surface area contributed by atoms with Crippen molar-refractivity contribution in [2.45, 2.75) is 328 Å². The Labute approximate surface area is 496 Å². The quantitative estimate of drug-likeness (QED) is 0.0195. The molecule has 0 spiro atoms. The monoisotopic (exact) mass is 1140 g/mol. The zero-order valence-corrected chi connectivity index (χ0v) is 54.2. The van der Waals surface area contributed by atoms with Gasteiger partial charge in [-0.3, -0.25) is 14.2 Å². The molecule has 0 aliphatic carbocycles. The standard InChI is InChI=1S/C70H130NO8P/c1-6-8-10-12-14-16-18-20-22-24-26-28-29-30-31-32-33-34-35-36-37-38-39-40-41-43-45-47-49-51-53-55-57-59-61-63-70(73)79-68(67-78-80(74,75)77-65-64-71(3,4)5)66-76-69(72)62-60-58-56-54-52-50-48-46-44-42-27-25-23-21-19-17-15-13-11-9-7-2/h8,10,14,16,20,22,26,28,30-31,68H,6-7,9,11-13,15,17-19,21,23-25,27,29,32-67H2,1-5H3/b10-8-,16-14-,22-20-,28-26-,31-30-. The van der Waals surface area contributed by atoms with Crippen LogP contribution in [0.4, 0.5) is 0 Å². The third-order valence-corrected chi connectivity index (χ3v) is 16.0. The van der Waals surface area contributed by atoms with Crippen molar-refractivity contribution >= 4 is 19.8 Å². The van der Waals surface area contributed by atoms with Crippen LogP contribution >= 0.6 is 7.82 Å². The van der Waals surface area contributed by atoms with Crippen LogP contribution < -0.4 is 4.89 Å². The summed E-state index contributed by atoms with van der Waals surface area (Å²) in [4.78, 5) is 38.0. The van der Waals surface area contributed by atoms with Gasteiger partial charge in [0.05, 0.1) is 27.7 Å². The minimum absolute atomic E-state index is 0.0287. The third kappa shape index (κ3) is 64.9. The number of esters is 2. The highest BCUT2D eigenvalue weighted by Gasteiger charge is 2.22. The second kappa shape index (κ2) is 61.3. The highest BCUT2D eigenvalue weighted by molar-refractivity contribution is 7.45. The van der Waals surface area contributed by atoms with Crippen molar-refractivity contribution in [1.29, 1.82) is 0 Å². The van der Waals surface area contributed by atoms with E-state index >= 15 is 0 Å². The van der Waals surface area contributed by atoms with E-state index in [1.54, 1.807) is 0 Å².